The highest BCUT2D eigenvalue weighted by molar-refractivity contribution is 5.28. The van der Waals surface area contributed by atoms with Gasteiger partial charge in [0, 0.05) is 19.1 Å². The molecule has 1 saturated carbocycles. The average molecular weight is 300 g/mol. The van der Waals surface area contributed by atoms with Crippen molar-refractivity contribution in [1.82, 2.24) is 4.90 Å². The molecule has 0 bridgehead atoms. The zero-order chi connectivity index (χ0) is 15.5. The summed E-state index contributed by atoms with van der Waals surface area (Å²) in [6.07, 6.45) is -0.501. The van der Waals surface area contributed by atoms with Crippen LogP contribution in [0.1, 0.15) is 43.4 Å². The second-order valence-electron chi connectivity index (χ2n) is 5.88. The molecule has 1 fully saturated rings. The molecule has 118 valence electrons. The normalized spacial score (nSPS) is 17.8. The highest BCUT2D eigenvalue weighted by Crippen LogP contribution is 2.31. The molecule has 2 rings (SSSR count). The second-order valence-corrected chi connectivity index (χ2v) is 5.88. The largest absolute Gasteiger partial charge is 0.416 e. The molecular weight excluding hydrogens is 277 g/mol. The lowest BCUT2D eigenvalue weighted by Gasteiger charge is -2.33. The van der Waals surface area contributed by atoms with Gasteiger partial charge in [0.15, 0.2) is 0 Å². The summed E-state index contributed by atoms with van der Waals surface area (Å²) < 4.78 is 38.2. The van der Waals surface area contributed by atoms with Crippen molar-refractivity contribution < 1.29 is 13.2 Å². The minimum absolute atomic E-state index is 0.382. The molecule has 1 atom stereocenters. The fraction of sp³-hybridized carbons (Fsp3) is 0.625. The fourth-order valence-electron chi connectivity index (χ4n) is 2.70. The lowest BCUT2D eigenvalue weighted by Crippen LogP contribution is -2.37. The van der Waals surface area contributed by atoms with Gasteiger partial charge in [-0.05, 0) is 43.0 Å². The number of nitrogens with two attached hydrogens (primary N) is 1. The topological polar surface area (TPSA) is 29.3 Å². The fourth-order valence-corrected chi connectivity index (χ4v) is 2.70. The molecule has 0 spiro atoms. The third kappa shape index (κ3) is 4.45. The van der Waals surface area contributed by atoms with E-state index in [0.29, 0.717) is 12.1 Å². The third-order valence-electron chi connectivity index (χ3n) is 4.29. The van der Waals surface area contributed by atoms with Gasteiger partial charge < -0.3 is 10.6 Å². The molecule has 1 aromatic rings. The molecule has 5 heteroatoms. The molecule has 1 aliphatic rings. The van der Waals surface area contributed by atoms with Crippen LogP contribution >= 0.6 is 0 Å². The van der Waals surface area contributed by atoms with Crippen LogP contribution in [0.5, 0.6) is 0 Å². The van der Waals surface area contributed by atoms with E-state index in [1.807, 2.05) is 0 Å². The van der Waals surface area contributed by atoms with Crippen molar-refractivity contribution in [3.05, 3.63) is 35.4 Å². The van der Waals surface area contributed by atoms with E-state index in [9.17, 15) is 13.2 Å². The molecule has 0 radical (unpaired) electrons. The van der Waals surface area contributed by atoms with E-state index >= 15 is 0 Å². The van der Waals surface area contributed by atoms with Crippen LogP contribution in [0.2, 0.25) is 0 Å². The van der Waals surface area contributed by atoms with Crippen molar-refractivity contribution in [2.75, 3.05) is 19.6 Å². The maximum Gasteiger partial charge on any atom is 0.416 e. The average Bonchev–Trinajstić information content (AvgIpc) is 2.40. The Labute approximate surface area is 124 Å². The standard InChI is InChI=1S/C16H23F3N2/c1-2-21(10-12-5-3-6-12)11-15(20)13-7-4-8-14(9-13)16(17,18)19/h4,7-9,12,15H,2-3,5-6,10-11,20H2,1H3. The first kappa shape index (κ1) is 16.3. The molecule has 0 amide bonds. The van der Waals surface area contributed by atoms with Gasteiger partial charge in [-0.2, -0.15) is 13.2 Å². The summed E-state index contributed by atoms with van der Waals surface area (Å²) in [5.41, 5.74) is 6.04. The number of hydrogen-bond acceptors (Lipinski definition) is 2. The summed E-state index contributed by atoms with van der Waals surface area (Å²) in [6, 6.07) is 4.98. The Hall–Kier alpha value is -1.07. The van der Waals surface area contributed by atoms with Crippen LogP contribution in [0.4, 0.5) is 13.2 Å². The molecule has 0 saturated heterocycles. The maximum absolute atomic E-state index is 12.7. The van der Waals surface area contributed by atoms with Gasteiger partial charge in [-0.1, -0.05) is 25.5 Å². The SMILES string of the molecule is CCN(CC1CCC1)CC(N)c1cccc(C(F)(F)F)c1. The van der Waals surface area contributed by atoms with Gasteiger partial charge in [0.2, 0.25) is 0 Å². The van der Waals surface area contributed by atoms with Gasteiger partial charge >= 0.3 is 6.18 Å². The molecule has 1 unspecified atom stereocenters. The van der Waals surface area contributed by atoms with Crippen molar-refractivity contribution in [3.63, 3.8) is 0 Å². The molecule has 2 nitrogen and oxygen atoms in total. The van der Waals surface area contributed by atoms with Crippen molar-refractivity contribution in [1.29, 1.82) is 0 Å². The van der Waals surface area contributed by atoms with Crippen LogP contribution in [0.25, 0.3) is 0 Å². The van der Waals surface area contributed by atoms with Crippen molar-refractivity contribution in [2.45, 2.75) is 38.4 Å². The van der Waals surface area contributed by atoms with Gasteiger partial charge in [-0.25, -0.2) is 0 Å². The van der Waals surface area contributed by atoms with Crippen LogP contribution in [0.15, 0.2) is 24.3 Å². The predicted molar refractivity (Wildman–Crippen MR) is 77.8 cm³/mol. The first-order valence-electron chi connectivity index (χ1n) is 7.55. The highest BCUT2D eigenvalue weighted by atomic mass is 19.4. The molecule has 1 aromatic carbocycles. The molecule has 0 heterocycles. The lowest BCUT2D eigenvalue weighted by molar-refractivity contribution is -0.137. The monoisotopic (exact) mass is 300 g/mol. The van der Waals surface area contributed by atoms with Crippen LogP contribution in [0.3, 0.4) is 0 Å². The van der Waals surface area contributed by atoms with Gasteiger partial charge in [0.05, 0.1) is 5.56 Å². The molecule has 2 N–H and O–H groups in total. The van der Waals surface area contributed by atoms with Gasteiger partial charge in [-0.3, -0.25) is 0 Å². The zero-order valence-corrected chi connectivity index (χ0v) is 12.4. The summed E-state index contributed by atoms with van der Waals surface area (Å²) in [4.78, 5) is 2.24. The van der Waals surface area contributed by atoms with Gasteiger partial charge in [0.1, 0.15) is 0 Å². The van der Waals surface area contributed by atoms with Gasteiger partial charge in [-0.15, -0.1) is 0 Å². The summed E-state index contributed by atoms with van der Waals surface area (Å²) in [5, 5.41) is 0. The Kier molecular flexibility index (Phi) is 5.27. The molecule has 0 aromatic heterocycles. The number of halogens is 3. The van der Waals surface area contributed by atoms with E-state index in [1.54, 1.807) is 6.07 Å². The van der Waals surface area contributed by atoms with E-state index < -0.39 is 11.7 Å². The number of hydrogen-bond donors (Lipinski definition) is 1. The number of nitrogens with zero attached hydrogens (tertiary/aromatic N) is 1. The number of rotatable bonds is 6. The minimum atomic E-state index is -4.31. The summed E-state index contributed by atoms with van der Waals surface area (Å²) in [5.74, 6) is 0.735. The van der Waals surface area contributed by atoms with Gasteiger partial charge in [0.25, 0.3) is 0 Å². The Morgan fingerprint density at radius 1 is 1.33 bits per heavy atom. The lowest BCUT2D eigenvalue weighted by atomic mass is 9.85. The van der Waals surface area contributed by atoms with E-state index in [4.69, 9.17) is 5.73 Å². The summed E-state index contributed by atoms with van der Waals surface area (Å²) in [6.45, 7) is 4.55. The zero-order valence-electron chi connectivity index (χ0n) is 12.4. The van der Waals surface area contributed by atoms with Crippen LogP contribution < -0.4 is 5.73 Å². The van der Waals surface area contributed by atoms with E-state index in [1.165, 1.54) is 31.4 Å². The smallest absolute Gasteiger partial charge is 0.323 e. The predicted octanol–water partition coefficient (Wildman–Crippen LogP) is 3.83. The Bertz CT molecular complexity index is 455. The minimum Gasteiger partial charge on any atom is -0.323 e. The first-order chi connectivity index (χ1) is 9.90. The summed E-state index contributed by atoms with van der Waals surface area (Å²) in [7, 11) is 0. The van der Waals surface area contributed by atoms with Crippen LogP contribution in [0, 0.1) is 5.92 Å². The van der Waals surface area contributed by atoms with Crippen LogP contribution in [-0.4, -0.2) is 24.5 Å². The highest BCUT2D eigenvalue weighted by Gasteiger charge is 2.31. The first-order valence-corrected chi connectivity index (χ1v) is 7.55. The Balaban J connectivity index is 1.99. The summed E-state index contributed by atoms with van der Waals surface area (Å²) >= 11 is 0. The molecular formula is C16H23F3N2. The van der Waals surface area contributed by atoms with E-state index in [2.05, 4.69) is 11.8 Å². The molecule has 0 aliphatic heterocycles. The van der Waals surface area contributed by atoms with Crippen molar-refractivity contribution in [3.8, 4) is 0 Å². The van der Waals surface area contributed by atoms with E-state index in [-0.39, 0.29) is 6.04 Å². The molecule has 1 aliphatic carbocycles. The Morgan fingerprint density at radius 2 is 2.05 bits per heavy atom. The van der Waals surface area contributed by atoms with Crippen LogP contribution in [-0.2, 0) is 6.18 Å². The third-order valence-corrected chi connectivity index (χ3v) is 4.29. The van der Waals surface area contributed by atoms with Crippen molar-refractivity contribution >= 4 is 0 Å². The van der Waals surface area contributed by atoms with E-state index in [0.717, 1.165) is 25.1 Å². The second kappa shape index (κ2) is 6.79. The number of likely N-dealkylation sites (N-methyl/N-ethyl adjacent to an activating group) is 1. The maximum atomic E-state index is 12.7. The Morgan fingerprint density at radius 3 is 2.57 bits per heavy atom. The number of benzene rings is 1. The quantitative estimate of drug-likeness (QED) is 0.865. The van der Waals surface area contributed by atoms with Crippen molar-refractivity contribution in [2.24, 2.45) is 11.7 Å². The number of alkyl halides is 3. The molecule has 21 heavy (non-hydrogen) atoms.